The van der Waals surface area contributed by atoms with Gasteiger partial charge in [-0.2, -0.15) is 18.2 Å². The van der Waals surface area contributed by atoms with Crippen LogP contribution in [0.5, 0.6) is 0 Å². The van der Waals surface area contributed by atoms with E-state index in [1.54, 1.807) is 6.92 Å². The van der Waals surface area contributed by atoms with Crippen LogP contribution in [0.4, 0.5) is 0 Å². The molecule has 1 atom stereocenters. The molecule has 1 aliphatic carbocycles. The second kappa shape index (κ2) is 8.94. The predicted molar refractivity (Wildman–Crippen MR) is 66.1 cm³/mol. The van der Waals surface area contributed by atoms with Crippen LogP contribution in [0.3, 0.4) is 0 Å². The van der Waals surface area contributed by atoms with Gasteiger partial charge in [0.1, 0.15) is 0 Å². The third-order valence-corrected chi connectivity index (χ3v) is 1.63. The van der Waals surface area contributed by atoms with E-state index in [1.165, 1.54) is 0 Å². The maximum atomic E-state index is 8.36. The zero-order valence-electron chi connectivity index (χ0n) is 10.9. The molecule has 0 aromatic carbocycles. The van der Waals surface area contributed by atoms with Crippen molar-refractivity contribution in [2.45, 2.75) is 52.7 Å². The summed E-state index contributed by atoms with van der Waals surface area (Å²) in [5.41, 5.74) is 0.970. The molecule has 1 aliphatic rings. The van der Waals surface area contributed by atoms with Crippen molar-refractivity contribution < 1.29 is 27.5 Å². The number of hydrogen-bond donors (Lipinski definition) is 1. The molecular weight excluding hydrogens is 279 g/mol. The van der Waals surface area contributed by atoms with Crippen molar-refractivity contribution in [1.82, 2.24) is 0 Å². The van der Waals surface area contributed by atoms with Gasteiger partial charge in [-0.15, -0.1) is 0 Å². The molecule has 0 bridgehead atoms. The molecule has 1 N–H and O–H groups in total. The van der Waals surface area contributed by atoms with Crippen LogP contribution in [0.25, 0.3) is 0 Å². The molecule has 0 spiro atoms. The first kappa shape index (κ1) is 18.2. The fourth-order valence-corrected chi connectivity index (χ4v) is 0.752. The van der Waals surface area contributed by atoms with Crippen molar-refractivity contribution in [3.05, 3.63) is 24.3 Å². The summed E-state index contributed by atoms with van der Waals surface area (Å²) >= 11 is 0. The van der Waals surface area contributed by atoms with Gasteiger partial charge in [0.2, 0.25) is 0 Å². The summed E-state index contributed by atoms with van der Waals surface area (Å²) in [4.78, 5) is 4.40. The van der Waals surface area contributed by atoms with E-state index in [2.05, 4.69) is 31.8 Å². The molecule has 1 rings (SSSR count). The van der Waals surface area contributed by atoms with E-state index in [1.807, 2.05) is 25.2 Å². The zero-order valence-corrected chi connectivity index (χ0v) is 13.1. The summed E-state index contributed by atoms with van der Waals surface area (Å²) in [6.45, 7) is 9.96. The third-order valence-electron chi connectivity index (χ3n) is 1.63. The Balaban J connectivity index is 0. The Morgan fingerprint density at radius 1 is 1.44 bits per heavy atom. The van der Waals surface area contributed by atoms with Gasteiger partial charge in [0, 0.05) is 22.4 Å². The number of aliphatic hydroxyl groups is 1. The molecule has 0 aromatic rings. The molecule has 2 nitrogen and oxygen atoms in total. The van der Waals surface area contributed by atoms with Crippen molar-refractivity contribution in [3.63, 3.8) is 0 Å². The second-order valence-electron chi connectivity index (χ2n) is 4.60. The summed E-state index contributed by atoms with van der Waals surface area (Å²) in [7, 11) is 0. The van der Waals surface area contributed by atoms with Crippen molar-refractivity contribution in [3.8, 4) is 0 Å². The van der Waals surface area contributed by atoms with Gasteiger partial charge in [-0.25, -0.2) is 6.08 Å². The largest absolute Gasteiger partial charge is 0.393 e. The molecule has 16 heavy (non-hydrogen) atoms. The van der Waals surface area contributed by atoms with Crippen molar-refractivity contribution in [2.24, 2.45) is 4.99 Å². The molecule has 0 heterocycles. The average Bonchev–Trinajstić information content (AvgIpc) is 2.55. The molecule has 3 heteroatoms. The van der Waals surface area contributed by atoms with E-state index >= 15 is 0 Å². The topological polar surface area (TPSA) is 32.6 Å². The molecule has 0 aromatic heterocycles. The van der Waals surface area contributed by atoms with Gasteiger partial charge in [-0.1, -0.05) is 12.6 Å². The number of allylic oxidation sites excluding steroid dienone is 4. The van der Waals surface area contributed by atoms with Crippen LogP contribution < -0.4 is 0 Å². The minimum Gasteiger partial charge on any atom is -0.393 e. The Kier molecular flexibility index (Phi) is 10.2. The first-order chi connectivity index (χ1) is 6.85. The Labute approximate surface area is 115 Å². The van der Waals surface area contributed by atoms with Gasteiger partial charge in [0.15, 0.2) is 0 Å². The van der Waals surface area contributed by atoms with E-state index < -0.39 is 0 Å². The monoisotopic (exact) mass is 301 g/mol. The summed E-state index contributed by atoms with van der Waals surface area (Å²) in [6.07, 6.45) is 9.56. The maximum absolute atomic E-state index is 8.36. The van der Waals surface area contributed by atoms with Crippen LogP contribution in [0.15, 0.2) is 23.2 Å². The SMILES string of the molecule is CC(C)(C)N=C1[C-]=CC=C1.CCC(C)O.[Nb]. The van der Waals surface area contributed by atoms with Gasteiger partial charge < -0.3 is 10.1 Å². The maximum Gasteiger partial charge on any atom is 0.0509 e. The summed E-state index contributed by atoms with van der Waals surface area (Å²) in [6, 6.07) is 0. The normalized spacial score (nSPS) is 17.8. The molecule has 1 unspecified atom stereocenters. The third kappa shape index (κ3) is 11.9. The minimum atomic E-state index is -0.116. The number of nitrogens with zero attached hydrogens (tertiary/aromatic N) is 1. The molecule has 0 saturated carbocycles. The van der Waals surface area contributed by atoms with E-state index in [4.69, 9.17) is 5.11 Å². The van der Waals surface area contributed by atoms with Gasteiger partial charge in [0.05, 0.1) is 11.6 Å². The van der Waals surface area contributed by atoms with Crippen LogP contribution >= 0.6 is 0 Å². The molecule has 0 fully saturated rings. The Morgan fingerprint density at radius 3 is 2.19 bits per heavy atom. The first-order valence-corrected chi connectivity index (χ1v) is 5.39. The van der Waals surface area contributed by atoms with Gasteiger partial charge in [-0.3, -0.25) is 0 Å². The summed E-state index contributed by atoms with van der Waals surface area (Å²) < 4.78 is 0. The van der Waals surface area contributed by atoms with E-state index in [0.717, 1.165) is 12.1 Å². The molecule has 0 aliphatic heterocycles. The van der Waals surface area contributed by atoms with Crippen LogP contribution in [0.2, 0.25) is 0 Å². The fourth-order valence-electron chi connectivity index (χ4n) is 0.752. The Hall–Kier alpha value is -0.150. The zero-order chi connectivity index (χ0) is 11.9. The van der Waals surface area contributed by atoms with Crippen molar-refractivity contribution in [2.75, 3.05) is 0 Å². The summed E-state index contributed by atoms with van der Waals surface area (Å²) in [5.74, 6) is 0. The van der Waals surface area contributed by atoms with Crippen LogP contribution in [0, 0.1) is 6.08 Å². The second-order valence-corrected chi connectivity index (χ2v) is 4.60. The molecule has 0 amide bonds. The van der Waals surface area contributed by atoms with Crippen LogP contribution in [-0.2, 0) is 22.4 Å². The predicted octanol–water partition coefficient (Wildman–Crippen LogP) is 2.93. The fraction of sp³-hybridized carbons (Fsp3) is 0.615. The quantitative estimate of drug-likeness (QED) is 0.586. The smallest absolute Gasteiger partial charge is 0.0509 e. The van der Waals surface area contributed by atoms with Crippen LogP contribution in [-0.4, -0.2) is 22.5 Å². The number of rotatable bonds is 1. The molecule has 91 valence electrons. The summed E-state index contributed by atoms with van der Waals surface area (Å²) in [5, 5.41) is 8.36. The molecule has 0 saturated heterocycles. The van der Waals surface area contributed by atoms with Crippen LogP contribution in [0.1, 0.15) is 41.0 Å². The van der Waals surface area contributed by atoms with E-state index in [9.17, 15) is 0 Å². The molecular formula is C13H22NNbO-. The van der Waals surface area contributed by atoms with E-state index in [-0.39, 0.29) is 34.0 Å². The number of hydrogen-bond acceptors (Lipinski definition) is 2. The van der Waals surface area contributed by atoms with E-state index in [0.29, 0.717) is 0 Å². The van der Waals surface area contributed by atoms with Gasteiger partial charge in [0.25, 0.3) is 0 Å². The van der Waals surface area contributed by atoms with Crippen molar-refractivity contribution >= 4 is 5.71 Å². The first-order valence-electron chi connectivity index (χ1n) is 5.39. The number of aliphatic imine (C=N–C) groups is 1. The Bertz CT molecular complexity index is 246. The number of aliphatic hydroxyl groups excluding tert-OH is 1. The van der Waals surface area contributed by atoms with Gasteiger partial charge in [-0.05, 0) is 34.1 Å². The Morgan fingerprint density at radius 2 is 1.94 bits per heavy atom. The molecule has 1 radical (unpaired) electrons. The van der Waals surface area contributed by atoms with Gasteiger partial charge >= 0.3 is 0 Å². The average molecular weight is 301 g/mol. The van der Waals surface area contributed by atoms with Crippen molar-refractivity contribution in [1.29, 1.82) is 0 Å². The standard InChI is InChI=1S/C9H12N.C4H10O.Nb/c1-9(2,3)10-8-6-4-5-7-8;1-3-4(2)5;/h4-6H,1-3H3;4-5H,3H2,1-2H3;/q-1;;. The minimum absolute atomic E-state index is 0.